The SMILES string of the molecule is COc1ccc(CN(Cc2ccc(OC)cc2)c2nc(OCc3ccco3)nn3cc(Br)nc23)cc1. The van der Waals surface area contributed by atoms with Gasteiger partial charge >= 0.3 is 6.01 Å². The Morgan fingerprint density at radius 3 is 2.08 bits per heavy atom. The quantitative estimate of drug-likeness (QED) is 0.232. The van der Waals surface area contributed by atoms with Gasteiger partial charge in [0.25, 0.3) is 0 Å². The highest BCUT2D eigenvalue weighted by Crippen LogP contribution is 2.27. The van der Waals surface area contributed by atoms with Gasteiger partial charge in [0.1, 0.15) is 28.5 Å². The molecule has 0 aliphatic carbocycles. The van der Waals surface area contributed by atoms with Crippen LogP contribution in [-0.4, -0.2) is 33.8 Å². The van der Waals surface area contributed by atoms with E-state index in [0.29, 0.717) is 34.9 Å². The van der Waals surface area contributed by atoms with Crippen LogP contribution in [0.2, 0.25) is 0 Å². The molecular formula is C26H24BrN5O4. The van der Waals surface area contributed by atoms with E-state index in [1.54, 1.807) is 31.2 Å². The van der Waals surface area contributed by atoms with Crippen molar-refractivity contribution in [2.45, 2.75) is 19.7 Å². The lowest BCUT2D eigenvalue weighted by atomic mass is 10.1. The van der Waals surface area contributed by atoms with E-state index in [4.69, 9.17) is 23.6 Å². The molecule has 0 amide bonds. The Bertz CT molecular complexity index is 1370. The van der Waals surface area contributed by atoms with E-state index in [1.807, 2.05) is 60.7 Å². The van der Waals surface area contributed by atoms with Crippen LogP contribution in [0.4, 0.5) is 5.82 Å². The zero-order valence-electron chi connectivity index (χ0n) is 19.8. The van der Waals surface area contributed by atoms with Gasteiger partial charge in [-0.2, -0.15) is 4.98 Å². The minimum atomic E-state index is 0.213. The fourth-order valence-corrected chi connectivity index (χ4v) is 4.10. The number of halogens is 1. The average Bonchev–Trinajstić information content (AvgIpc) is 3.56. The number of imidazole rings is 1. The van der Waals surface area contributed by atoms with Gasteiger partial charge in [-0.3, -0.25) is 0 Å². The molecule has 0 radical (unpaired) electrons. The Morgan fingerprint density at radius 2 is 1.53 bits per heavy atom. The molecule has 0 aliphatic rings. The van der Waals surface area contributed by atoms with Crippen molar-refractivity contribution in [3.05, 3.63) is 94.6 Å². The maximum absolute atomic E-state index is 5.88. The molecule has 0 saturated carbocycles. The van der Waals surface area contributed by atoms with Crippen molar-refractivity contribution in [2.75, 3.05) is 19.1 Å². The van der Waals surface area contributed by atoms with E-state index in [1.165, 1.54) is 0 Å². The Labute approximate surface area is 216 Å². The van der Waals surface area contributed by atoms with E-state index in [9.17, 15) is 0 Å². The van der Waals surface area contributed by atoms with Gasteiger partial charge in [0.15, 0.2) is 11.5 Å². The number of nitrogens with zero attached hydrogens (tertiary/aromatic N) is 5. The van der Waals surface area contributed by atoms with Crippen LogP contribution in [0.3, 0.4) is 0 Å². The van der Waals surface area contributed by atoms with Crippen LogP contribution in [0.15, 0.2) is 82.1 Å². The molecule has 0 bridgehead atoms. The molecule has 36 heavy (non-hydrogen) atoms. The molecule has 0 spiro atoms. The summed E-state index contributed by atoms with van der Waals surface area (Å²) in [6, 6.07) is 19.8. The van der Waals surface area contributed by atoms with Gasteiger partial charge < -0.3 is 23.5 Å². The number of aromatic nitrogens is 4. The summed E-state index contributed by atoms with van der Waals surface area (Å²) in [4.78, 5) is 11.5. The van der Waals surface area contributed by atoms with E-state index in [-0.39, 0.29) is 12.6 Å². The van der Waals surface area contributed by atoms with Crippen LogP contribution < -0.4 is 19.1 Å². The zero-order chi connectivity index (χ0) is 24.9. The summed E-state index contributed by atoms with van der Waals surface area (Å²) in [5.74, 6) is 2.92. The predicted octanol–water partition coefficient (Wildman–Crippen LogP) is 5.28. The largest absolute Gasteiger partial charge is 0.497 e. The summed E-state index contributed by atoms with van der Waals surface area (Å²) in [5.41, 5.74) is 2.78. The highest BCUT2D eigenvalue weighted by molar-refractivity contribution is 9.10. The first-order valence-corrected chi connectivity index (χ1v) is 12.0. The normalized spacial score (nSPS) is 11.0. The van der Waals surface area contributed by atoms with Gasteiger partial charge in [0, 0.05) is 13.1 Å². The lowest BCUT2D eigenvalue weighted by Crippen LogP contribution is -2.24. The summed E-state index contributed by atoms with van der Waals surface area (Å²) in [5, 5.41) is 4.49. The second kappa shape index (κ2) is 10.7. The van der Waals surface area contributed by atoms with Gasteiger partial charge in [0.05, 0.1) is 26.7 Å². The number of anilines is 1. The first kappa shape index (κ1) is 23.7. The van der Waals surface area contributed by atoms with E-state index in [2.05, 4.69) is 30.9 Å². The summed E-state index contributed by atoms with van der Waals surface area (Å²) >= 11 is 3.47. The van der Waals surface area contributed by atoms with Crippen LogP contribution >= 0.6 is 15.9 Å². The molecule has 0 saturated heterocycles. The van der Waals surface area contributed by atoms with Gasteiger partial charge in [-0.15, -0.1) is 5.10 Å². The molecule has 2 aromatic carbocycles. The van der Waals surface area contributed by atoms with Gasteiger partial charge in [-0.1, -0.05) is 24.3 Å². The maximum atomic E-state index is 5.88. The van der Waals surface area contributed by atoms with Gasteiger partial charge in [0.2, 0.25) is 0 Å². The third kappa shape index (κ3) is 5.44. The van der Waals surface area contributed by atoms with Crippen molar-refractivity contribution < 1.29 is 18.6 Å². The Morgan fingerprint density at radius 1 is 0.889 bits per heavy atom. The highest BCUT2D eigenvalue weighted by Gasteiger charge is 2.20. The van der Waals surface area contributed by atoms with Crippen molar-refractivity contribution in [2.24, 2.45) is 0 Å². The van der Waals surface area contributed by atoms with Crippen molar-refractivity contribution >= 4 is 27.4 Å². The number of furan rings is 1. The smallest absolute Gasteiger partial charge is 0.336 e. The molecule has 3 heterocycles. The molecule has 0 aliphatic heterocycles. The minimum absolute atomic E-state index is 0.213. The molecule has 0 fully saturated rings. The Hall–Kier alpha value is -4.05. The third-order valence-electron chi connectivity index (χ3n) is 5.54. The fourth-order valence-electron chi connectivity index (χ4n) is 3.74. The number of benzene rings is 2. The summed E-state index contributed by atoms with van der Waals surface area (Å²) < 4.78 is 24.2. The molecule has 0 N–H and O–H groups in total. The molecule has 5 aromatic rings. The van der Waals surface area contributed by atoms with Crippen LogP contribution in [0.25, 0.3) is 5.65 Å². The topological polar surface area (TPSA) is 87.2 Å². The first-order valence-electron chi connectivity index (χ1n) is 11.2. The second-order valence-corrected chi connectivity index (χ2v) is 8.78. The number of methoxy groups -OCH3 is 2. The number of fused-ring (bicyclic) bond motifs is 1. The molecular weight excluding hydrogens is 526 g/mol. The van der Waals surface area contributed by atoms with Gasteiger partial charge in [-0.25, -0.2) is 9.50 Å². The van der Waals surface area contributed by atoms with Crippen LogP contribution in [0, 0.1) is 0 Å². The molecule has 3 aromatic heterocycles. The molecule has 10 heteroatoms. The van der Waals surface area contributed by atoms with E-state index < -0.39 is 0 Å². The van der Waals surface area contributed by atoms with Crippen LogP contribution in [0.1, 0.15) is 16.9 Å². The number of hydrogen-bond donors (Lipinski definition) is 0. The van der Waals surface area contributed by atoms with E-state index >= 15 is 0 Å². The Balaban J connectivity index is 1.53. The van der Waals surface area contributed by atoms with Gasteiger partial charge in [-0.05, 0) is 63.5 Å². The van der Waals surface area contributed by atoms with Crippen LogP contribution in [-0.2, 0) is 19.7 Å². The summed E-state index contributed by atoms with van der Waals surface area (Å²) in [7, 11) is 3.31. The summed E-state index contributed by atoms with van der Waals surface area (Å²) in [6.45, 7) is 1.36. The lowest BCUT2D eigenvalue weighted by Gasteiger charge is -2.25. The maximum Gasteiger partial charge on any atom is 0.336 e. The summed E-state index contributed by atoms with van der Waals surface area (Å²) in [6.07, 6.45) is 3.38. The monoisotopic (exact) mass is 549 g/mol. The molecule has 0 atom stereocenters. The number of hydrogen-bond acceptors (Lipinski definition) is 8. The molecule has 0 unspecified atom stereocenters. The van der Waals surface area contributed by atoms with E-state index in [0.717, 1.165) is 22.6 Å². The third-order valence-corrected chi connectivity index (χ3v) is 5.92. The van der Waals surface area contributed by atoms with Crippen molar-refractivity contribution in [1.29, 1.82) is 0 Å². The van der Waals surface area contributed by atoms with Crippen molar-refractivity contribution in [1.82, 2.24) is 19.6 Å². The molecule has 9 nitrogen and oxygen atoms in total. The average molecular weight is 550 g/mol. The predicted molar refractivity (Wildman–Crippen MR) is 137 cm³/mol. The number of rotatable bonds is 10. The number of ether oxygens (including phenoxy) is 3. The minimum Gasteiger partial charge on any atom is -0.497 e. The highest BCUT2D eigenvalue weighted by atomic mass is 79.9. The second-order valence-electron chi connectivity index (χ2n) is 7.97. The zero-order valence-corrected chi connectivity index (χ0v) is 21.4. The Kier molecular flexibility index (Phi) is 7.03. The van der Waals surface area contributed by atoms with Crippen molar-refractivity contribution in [3.8, 4) is 17.5 Å². The molecule has 5 rings (SSSR count). The fraction of sp³-hybridized carbons (Fsp3) is 0.192. The first-order chi connectivity index (χ1) is 17.6. The van der Waals surface area contributed by atoms with Crippen molar-refractivity contribution in [3.63, 3.8) is 0 Å². The van der Waals surface area contributed by atoms with Crippen LogP contribution in [0.5, 0.6) is 17.5 Å². The lowest BCUT2D eigenvalue weighted by molar-refractivity contribution is 0.246. The standard InChI is InChI=1S/C26H24BrN5O4/c1-33-20-9-5-18(6-10-20)14-31(15-19-7-11-21(34-2)12-8-19)24-25-28-23(27)16-32(25)30-26(29-24)36-17-22-4-3-13-35-22/h3-13,16H,14-15,17H2,1-2H3. The molecule has 184 valence electrons.